The van der Waals surface area contributed by atoms with Crippen LogP contribution in [0.5, 0.6) is 0 Å². The van der Waals surface area contributed by atoms with E-state index < -0.39 is 19.7 Å². The second kappa shape index (κ2) is 6.39. The Morgan fingerprint density at radius 2 is 1.83 bits per heavy atom. The second-order valence-electron chi connectivity index (χ2n) is 3.97. The Balaban J connectivity index is 2.91. The molecule has 0 bridgehead atoms. The number of halogens is 3. The maximum Gasteiger partial charge on any atom is 0.398 e. The van der Waals surface area contributed by atoms with Gasteiger partial charge in [-0.05, 0) is 18.6 Å². The van der Waals surface area contributed by atoms with E-state index in [-0.39, 0.29) is 11.9 Å². The largest absolute Gasteiger partial charge is 0.398 e. The molecule has 1 rings (SSSR count). The molecule has 0 aliphatic heterocycles. The highest BCUT2D eigenvalue weighted by molar-refractivity contribution is 7.67. The highest BCUT2D eigenvalue weighted by atomic mass is 31.2. The van der Waals surface area contributed by atoms with Crippen LogP contribution in [-0.4, -0.2) is 18.9 Å². The van der Waals surface area contributed by atoms with E-state index in [4.69, 9.17) is 4.52 Å². The van der Waals surface area contributed by atoms with E-state index in [2.05, 4.69) is 0 Å². The molecule has 18 heavy (non-hydrogen) atoms. The lowest BCUT2D eigenvalue weighted by molar-refractivity contribution is -0.108. The molecule has 0 heterocycles. The van der Waals surface area contributed by atoms with E-state index >= 15 is 0 Å². The zero-order valence-electron chi connectivity index (χ0n) is 10.1. The zero-order valence-corrected chi connectivity index (χ0v) is 11.0. The number of hydrogen-bond donors (Lipinski definition) is 0. The van der Waals surface area contributed by atoms with Gasteiger partial charge in [-0.15, -0.1) is 0 Å². The van der Waals surface area contributed by atoms with Gasteiger partial charge in [-0.25, -0.2) is 0 Å². The van der Waals surface area contributed by atoms with Crippen LogP contribution in [-0.2, 0) is 9.09 Å². The van der Waals surface area contributed by atoms with Gasteiger partial charge in [-0.1, -0.05) is 31.5 Å². The summed E-state index contributed by atoms with van der Waals surface area (Å²) in [5.41, 5.74) is 0. The summed E-state index contributed by atoms with van der Waals surface area (Å²) in [5.74, 6) is 0. The second-order valence-corrected chi connectivity index (χ2v) is 6.41. The molecule has 0 aromatic heterocycles. The topological polar surface area (TPSA) is 26.3 Å². The van der Waals surface area contributed by atoms with Crippen LogP contribution in [0.4, 0.5) is 13.2 Å². The molecule has 2 nitrogen and oxygen atoms in total. The fourth-order valence-electron chi connectivity index (χ4n) is 1.46. The standard InChI is InChI=1S/C12H16F3O2P/c1-2-3-9-17-18(16,10-12(13,14)15)11-7-5-4-6-8-11/h4-8H,2-3,9-10H2,1H3. The Labute approximate surface area is 105 Å². The molecule has 1 aromatic carbocycles. The van der Waals surface area contributed by atoms with Crippen LogP contribution < -0.4 is 5.30 Å². The smallest absolute Gasteiger partial charge is 0.325 e. The number of unbranched alkanes of at least 4 members (excludes halogenated alkanes) is 1. The molecule has 1 aromatic rings. The van der Waals surface area contributed by atoms with Gasteiger partial charge in [-0.3, -0.25) is 4.57 Å². The van der Waals surface area contributed by atoms with Gasteiger partial charge in [0.1, 0.15) is 6.16 Å². The van der Waals surface area contributed by atoms with Crippen LogP contribution in [0.25, 0.3) is 0 Å². The third-order valence-electron chi connectivity index (χ3n) is 2.33. The maximum absolute atomic E-state index is 12.5. The summed E-state index contributed by atoms with van der Waals surface area (Å²) >= 11 is 0. The van der Waals surface area contributed by atoms with Gasteiger partial charge >= 0.3 is 6.18 Å². The van der Waals surface area contributed by atoms with Gasteiger partial charge in [0, 0.05) is 5.30 Å². The Morgan fingerprint density at radius 1 is 1.22 bits per heavy atom. The van der Waals surface area contributed by atoms with E-state index in [1.807, 2.05) is 6.92 Å². The molecular formula is C12H16F3O2P. The minimum Gasteiger partial charge on any atom is -0.325 e. The number of alkyl halides is 3. The Kier molecular flexibility index (Phi) is 5.42. The van der Waals surface area contributed by atoms with E-state index in [1.54, 1.807) is 18.2 Å². The van der Waals surface area contributed by atoms with Crippen molar-refractivity contribution in [3.8, 4) is 0 Å². The molecule has 0 aliphatic carbocycles. The molecule has 0 N–H and O–H groups in total. The van der Waals surface area contributed by atoms with Crippen molar-refractivity contribution in [2.45, 2.75) is 25.9 Å². The number of hydrogen-bond acceptors (Lipinski definition) is 2. The molecule has 0 amide bonds. The highest BCUT2D eigenvalue weighted by Gasteiger charge is 2.41. The van der Waals surface area contributed by atoms with E-state index in [0.29, 0.717) is 6.42 Å². The molecule has 0 saturated carbocycles. The fraction of sp³-hybridized carbons (Fsp3) is 0.500. The number of benzene rings is 1. The van der Waals surface area contributed by atoms with Crippen molar-refractivity contribution in [3.63, 3.8) is 0 Å². The first-order valence-electron chi connectivity index (χ1n) is 5.73. The van der Waals surface area contributed by atoms with Gasteiger partial charge < -0.3 is 4.52 Å². The molecule has 0 radical (unpaired) electrons. The van der Waals surface area contributed by atoms with Crippen LogP contribution in [0.1, 0.15) is 19.8 Å². The summed E-state index contributed by atoms with van der Waals surface area (Å²) in [6, 6.07) is 7.60. The molecule has 0 fully saturated rings. The zero-order chi connectivity index (χ0) is 13.6. The van der Waals surface area contributed by atoms with Gasteiger partial charge in [0.15, 0.2) is 0 Å². The van der Waals surface area contributed by atoms with Crippen molar-refractivity contribution < 1.29 is 22.3 Å². The molecule has 0 saturated heterocycles. The summed E-state index contributed by atoms with van der Waals surface area (Å²) in [7, 11) is -3.85. The molecule has 1 atom stereocenters. The van der Waals surface area contributed by atoms with Gasteiger partial charge in [0.25, 0.3) is 0 Å². The molecule has 0 spiro atoms. The van der Waals surface area contributed by atoms with Crippen molar-refractivity contribution in [3.05, 3.63) is 30.3 Å². The average molecular weight is 280 g/mol. The van der Waals surface area contributed by atoms with Crippen molar-refractivity contribution in [2.24, 2.45) is 0 Å². The monoisotopic (exact) mass is 280 g/mol. The average Bonchev–Trinajstić information content (AvgIpc) is 2.28. The first kappa shape index (κ1) is 15.3. The lowest BCUT2D eigenvalue weighted by Crippen LogP contribution is -2.21. The van der Waals surface area contributed by atoms with Gasteiger partial charge in [-0.2, -0.15) is 13.2 Å². The quantitative estimate of drug-likeness (QED) is 0.582. The lowest BCUT2D eigenvalue weighted by Gasteiger charge is -2.20. The van der Waals surface area contributed by atoms with Crippen molar-refractivity contribution >= 4 is 12.7 Å². The first-order chi connectivity index (χ1) is 8.37. The third kappa shape index (κ3) is 4.83. The lowest BCUT2D eigenvalue weighted by atomic mass is 10.4. The normalized spacial score (nSPS) is 15.3. The molecule has 1 unspecified atom stereocenters. The summed E-state index contributed by atoms with van der Waals surface area (Å²) in [6.45, 7) is 1.97. The minimum atomic E-state index is -4.50. The van der Waals surface area contributed by atoms with Crippen LogP contribution >= 0.6 is 7.37 Å². The van der Waals surface area contributed by atoms with Crippen LogP contribution in [0.3, 0.4) is 0 Å². The first-order valence-corrected chi connectivity index (χ1v) is 7.54. The van der Waals surface area contributed by atoms with Gasteiger partial charge in [0.05, 0.1) is 6.61 Å². The minimum absolute atomic E-state index is 0.0821. The van der Waals surface area contributed by atoms with Crippen molar-refractivity contribution in [1.82, 2.24) is 0 Å². The predicted molar refractivity (Wildman–Crippen MR) is 65.5 cm³/mol. The summed E-state index contributed by atoms with van der Waals surface area (Å²) in [6.07, 6.45) is -4.54. The van der Waals surface area contributed by atoms with Crippen molar-refractivity contribution in [1.29, 1.82) is 0 Å². The fourth-order valence-corrected chi connectivity index (χ4v) is 3.40. The van der Waals surface area contributed by atoms with E-state index in [1.165, 1.54) is 12.1 Å². The van der Waals surface area contributed by atoms with Crippen molar-refractivity contribution in [2.75, 3.05) is 12.8 Å². The van der Waals surface area contributed by atoms with E-state index in [9.17, 15) is 17.7 Å². The van der Waals surface area contributed by atoms with Crippen LogP contribution in [0.2, 0.25) is 0 Å². The molecule has 0 aliphatic rings. The molecular weight excluding hydrogens is 264 g/mol. The Bertz CT molecular complexity index is 404. The summed E-state index contributed by atoms with van der Waals surface area (Å²) in [5, 5.41) is 0.124. The Morgan fingerprint density at radius 3 is 2.33 bits per heavy atom. The predicted octanol–water partition coefficient (Wildman–Crippen LogP) is 3.97. The Hall–Kier alpha value is -0.800. The number of rotatable bonds is 6. The summed E-state index contributed by atoms with van der Waals surface area (Å²) < 4.78 is 54.9. The maximum atomic E-state index is 12.5. The van der Waals surface area contributed by atoms with Crippen LogP contribution in [0.15, 0.2) is 30.3 Å². The SMILES string of the molecule is CCCCOP(=O)(CC(F)(F)F)c1ccccc1. The van der Waals surface area contributed by atoms with Gasteiger partial charge in [0.2, 0.25) is 7.37 Å². The highest BCUT2D eigenvalue weighted by Crippen LogP contribution is 2.49. The molecule has 102 valence electrons. The molecule has 6 heteroatoms. The summed E-state index contributed by atoms with van der Waals surface area (Å²) in [4.78, 5) is 0. The third-order valence-corrected chi connectivity index (χ3v) is 4.79. The van der Waals surface area contributed by atoms with E-state index in [0.717, 1.165) is 6.42 Å². The van der Waals surface area contributed by atoms with Crippen LogP contribution in [0, 0.1) is 0 Å².